The number of morpholine rings is 1. The molecule has 1 aliphatic heterocycles. The van der Waals surface area contributed by atoms with Crippen LogP contribution < -0.4 is 4.72 Å². The summed E-state index contributed by atoms with van der Waals surface area (Å²) < 4.78 is 33.5. The van der Waals surface area contributed by atoms with Crippen molar-refractivity contribution in [2.45, 2.75) is 22.5 Å². The van der Waals surface area contributed by atoms with E-state index in [1.54, 1.807) is 28.8 Å². The van der Waals surface area contributed by atoms with Gasteiger partial charge in [0.25, 0.3) is 5.91 Å². The highest BCUT2D eigenvalue weighted by Gasteiger charge is 2.23. The summed E-state index contributed by atoms with van der Waals surface area (Å²) in [6.45, 7) is 4.42. The Kier molecular flexibility index (Phi) is 8.85. The number of ether oxygens (including phenoxy) is 1. The van der Waals surface area contributed by atoms with Crippen molar-refractivity contribution in [1.29, 1.82) is 0 Å². The van der Waals surface area contributed by atoms with E-state index in [1.807, 2.05) is 12.3 Å². The predicted molar refractivity (Wildman–Crippen MR) is 127 cm³/mol. The number of amides is 1. The van der Waals surface area contributed by atoms with Crippen molar-refractivity contribution in [2.75, 3.05) is 44.9 Å². The lowest BCUT2D eigenvalue weighted by Crippen LogP contribution is -2.41. The van der Waals surface area contributed by atoms with Crippen molar-refractivity contribution < 1.29 is 17.9 Å². The summed E-state index contributed by atoms with van der Waals surface area (Å²) in [7, 11) is -3.69. The first-order valence-electron chi connectivity index (χ1n) is 10.1. The maximum absolute atomic E-state index is 13.0. The summed E-state index contributed by atoms with van der Waals surface area (Å²) in [4.78, 5) is 15.6. The van der Waals surface area contributed by atoms with E-state index in [0.29, 0.717) is 44.2 Å². The maximum atomic E-state index is 13.0. The van der Waals surface area contributed by atoms with Gasteiger partial charge in [-0.15, -0.1) is 11.8 Å². The van der Waals surface area contributed by atoms with Gasteiger partial charge in [-0.3, -0.25) is 4.79 Å². The van der Waals surface area contributed by atoms with Crippen molar-refractivity contribution in [2.24, 2.45) is 0 Å². The predicted octanol–water partition coefficient (Wildman–Crippen LogP) is 3.40. The van der Waals surface area contributed by atoms with Gasteiger partial charge in [-0.2, -0.15) is 11.8 Å². The largest absolute Gasteiger partial charge is 0.378 e. The van der Waals surface area contributed by atoms with Crippen LogP contribution in [0.25, 0.3) is 0 Å². The first-order valence-corrected chi connectivity index (χ1v) is 13.9. The quantitative estimate of drug-likeness (QED) is 0.438. The van der Waals surface area contributed by atoms with Crippen molar-refractivity contribution in [1.82, 2.24) is 9.62 Å². The van der Waals surface area contributed by atoms with Crippen LogP contribution in [0.3, 0.4) is 0 Å². The molecule has 0 radical (unpaired) electrons. The fourth-order valence-corrected chi connectivity index (χ4v) is 5.84. The standard InChI is InChI=1S/C22H28N2O4S3/c1-17-4-3-5-18(14-17)16-30-13-8-23-31(26,27)19-6-7-21(29-2)20(15-19)22(25)24-9-11-28-12-10-24/h3-7,14-15,23H,8-13,16H2,1-2H3. The third-order valence-corrected chi connectivity index (χ3v) is 8.18. The highest BCUT2D eigenvalue weighted by atomic mass is 32.2. The third kappa shape index (κ3) is 6.73. The van der Waals surface area contributed by atoms with Crippen LogP contribution in [-0.2, 0) is 20.5 Å². The number of hydrogen-bond acceptors (Lipinski definition) is 6. The molecule has 31 heavy (non-hydrogen) atoms. The first kappa shape index (κ1) is 24.1. The SMILES string of the molecule is CSc1ccc(S(=O)(=O)NCCSCc2cccc(C)c2)cc1C(=O)N1CCOCC1. The lowest BCUT2D eigenvalue weighted by atomic mass is 10.2. The van der Waals surface area contributed by atoms with E-state index in [2.05, 4.69) is 29.8 Å². The van der Waals surface area contributed by atoms with Gasteiger partial charge in [0.15, 0.2) is 0 Å². The average Bonchev–Trinajstić information content (AvgIpc) is 2.78. The molecule has 1 aliphatic rings. The number of sulfonamides is 1. The Morgan fingerprint density at radius 1 is 1.16 bits per heavy atom. The molecule has 9 heteroatoms. The summed E-state index contributed by atoms with van der Waals surface area (Å²) in [5, 5.41) is 0. The molecular weight excluding hydrogens is 452 g/mol. The second-order valence-corrected chi connectivity index (χ2v) is 10.9. The van der Waals surface area contributed by atoms with Gasteiger partial charge in [0, 0.05) is 36.0 Å². The van der Waals surface area contributed by atoms with E-state index in [-0.39, 0.29) is 10.8 Å². The minimum atomic E-state index is -3.69. The summed E-state index contributed by atoms with van der Waals surface area (Å²) in [6.07, 6.45) is 1.88. The van der Waals surface area contributed by atoms with E-state index >= 15 is 0 Å². The second-order valence-electron chi connectivity index (χ2n) is 7.21. The zero-order chi connectivity index (χ0) is 22.3. The normalized spacial score (nSPS) is 14.6. The minimum Gasteiger partial charge on any atom is -0.378 e. The minimum absolute atomic E-state index is 0.116. The maximum Gasteiger partial charge on any atom is 0.255 e. The Morgan fingerprint density at radius 2 is 1.94 bits per heavy atom. The molecular formula is C22H28N2O4S3. The smallest absolute Gasteiger partial charge is 0.255 e. The Bertz CT molecular complexity index is 1010. The van der Waals surface area contributed by atoms with Crippen LogP contribution in [0.2, 0.25) is 0 Å². The number of thioether (sulfide) groups is 2. The van der Waals surface area contributed by atoms with Gasteiger partial charge in [-0.05, 0) is 36.9 Å². The molecule has 0 bridgehead atoms. The van der Waals surface area contributed by atoms with Crippen LogP contribution in [0.1, 0.15) is 21.5 Å². The van der Waals surface area contributed by atoms with Gasteiger partial charge >= 0.3 is 0 Å². The molecule has 1 fully saturated rings. The van der Waals surface area contributed by atoms with E-state index in [1.165, 1.54) is 29.0 Å². The molecule has 0 unspecified atom stereocenters. The summed E-state index contributed by atoms with van der Waals surface area (Å²) in [5.74, 6) is 1.35. The molecule has 168 valence electrons. The van der Waals surface area contributed by atoms with Gasteiger partial charge in [0.05, 0.1) is 23.7 Å². The van der Waals surface area contributed by atoms with E-state index in [9.17, 15) is 13.2 Å². The average molecular weight is 481 g/mol. The van der Waals surface area contributed by atoms with Gasteiger partial charge in [0.1, 0.15) is 0 Å². The Morgan fingerprint density at radius 3 is 2.65 bits per heavy atom. The number of nitrogens with one attached hydrogen (secondary N) is 1. The Labute approximate surface area is 193 Å². The molecule has 1 N–H and O–H groups in total. The Balaban J connectivity index is 1.61. The van der Waals surface area contributed by atoms with Crippen LogP contribution in [-0.4, -0.2) is 64.1 Å². The summed E-state index contributed by atoms with van der Waals surface area (Å²) in [6, 6.07) is 13.1. The molecule has 0 saturated carbocycles. The van der Waals surface area contributed by atoms with Gasteiger partial charge < -0.3 is 9.64 Å². The molecule has 1 heterocycles. The molecule has 2 aromatic rings. The van der Waals surface area contributed by atoms with Crippen molar-refractivity contribution >= 4 is 39.5 Å². The van der Waals surface area contributed by atoms with Gasteiger partial charge in [-0.25, -0.2) is 13.1 Å². The van der Waals surface area contributed by atoms with Crippen LogP contribution in [0, 0.1) is 6.92 Å². The van der Waals surface area contributed by atoms with Gasteiger partial charge in [0.2, 0.25) is 10.0 Å². The van der Waals surface area contributed by atoms with Crippen LogP contribution in [0.4, 0.5) is 0 Å². The van der Waals surface area contributed by atoms with E-state index < -0.39 is 10.0 Å². The number of hydrogen-bond donors (Lipinski definition) is 1. The molecule has 0 spiro atoms. The molecule has 1 saturated heterocycles. The molecule has 6 nitrogen and oxygen atoms in total. The third-order valence-electron chi connectivity index (χ3n) is 4.90. The zero-order valence-corrected chi connectivity index (χ0v) is 20.2. The van der Waals surface area contributed by atoms with Crippen LogP contribution in [0.5, 0.6) is 0 Å². The lowest BCUT2D eigenvalue weighted by Gasteiger charge is -2.27. The van der Waals surface area contributed by atoms with Crippen LogP contribution >= 0.6 is 23.5 Å². The van der Waals surface area contributed by atoms with Crippen molar-refractivity contribution in [3.05, 3.63) is 59.2 Å². The number of rotatable bonds is 9. The molecule has 0 atom stereocenters. The van der Waals surface area contributed by atoms with Crippen LogP contribution in [0.15, 0.2) is 52.3 Å². The molecule has 0 aromatic heterocycles. The molecule has 1 amide bonds. The Hall–Kier alpha value is -1.52. The fourth-order valence-electron chi connectivity index (χ4n) is 3.28. The van der Waals surface area contributed by atoms with E-state index in [4.69, 9.17) is 4.74 Å². The highest BCUT2D eigenvalue weighted by molar-refractivity contribution is 7.98. The number of carbonyl (C=O) groups excluding carboxylic acids is 1. The number of aryl methyl sites for hydroxylation is 1. The number of nitrogens with zero attached hydrogens (tertiary/aromatic N) is 1. The first-order chi connectivity index (χ1) is 14.9. The monoisotopic (exact) mass is 480 g/mol. The summed E-state index contributed by atoms with van der Waals surface area (Å²) in [5.41, 5.74) is 2.87. The lowest BCUT2D eigenvalue weighted by molar-refractivity contribution is 0.0300. The molecule has 3 rings (SSSR count). The van der Waals surface area contributed by atoms with E-state index in [0.717, 1.165) is 10.6 Å². The summed E-state index contributed by atoms with van der Waals surface area (Å²) >= 11 is 3.11. The number of benzene rings is 2. The molecule has 0 aliphatic carbocycles. The fraction of sp³-hybridized carbons (Fsp3) is 0.409. The highest BCUT2D eigenvalue weighted by Crippen LogP contribution is 2.25. The molecule has 2 aromatic carbocycles. The zero-order valence-electron chi connectivity index (χ0n) is 17.8. The van der Waals surface area contributed by atoms with Crippen molar-refractivity contribution in [3.8, 4) is 0 Å². The number of carbonyl (C=O) groups is 1. The van der Waals surface area contributed by atoms with Crippen molar-refractivity contribution in [3.63, 3.8) is 0 Å². The van der Waals surface area contributed by atoms with Gasteiger partial charge in [-0.1, -0.05) is 29.8 Å². The topological polar surface area (TPSA) is 75.7 Å². The second kappa shape index (κ2) is 11.4.